The molecule has 1 atom stereocenters. The zero-order valence-corrected chi connectivity index (χ0v) is 22.3. The summed E-state index contributed by atoms with van der Waals surface area (Å²) in [6.45, 7) is -0.500. The highest BCUT2D eigenvalue weighted by Crippen LogP contribution is 2.39. The van der Waals surface area contributed by atoms with E-state index in [0.717, 1.165) is 6.26 Å². The van der Waals surface area contributed by atoms with Crippen molar-refractivity contribution in [3.8, 4) is 11.1 Å². The number of rotatable bonds is 8. The average molecular weight is 569 g/mol. The van der Waals surface area contributed by atoms with Crippen LogP contribution in [0.2, 0.25) is 10.0 Å². The number of aliphatic hydroxyl groups is 1. The summed E-state index contributed by atoms with van der Waals surface area (Å²) in [4.78, 5) is 13.2. The van der Waals surface area contributed by atoms with E-state index in [-0.39, 0.29) is 25.1 Å². The van der Waals surface area contributed by atoms with Crippen molar-refractivity contribution in [2.75, 3.05) is 18.2 Å². The standard InChI is InChI=1S/C25H23Cl2NO6S2/c1-35(31,32)18-6-2-15(3-7-18)21(14-29)25(30)28-17-12-22(26)24(23(27)13-17)16-4-8-19(9-5-16)36(33,34)20-10-11-20/h2-9,12-13,20-21,29H,10-11,14H2,1H3,(H,28,30)/t21-/m0/s1. The molecule has 0 bridgehead atoms. The summed E-state index contributed by atoms with van der Waals surface area (Å²) in [6, 6.07) is 15.1. The van der Waals surface area contributed by atoms with Crippen molar-refractivity contribution in [1.82, 2.24) is 0 Å². The van der Waals surface area contributed by atoms with Crippen molar-refractivity contribution in [3.05, 3.63) is 76.3 Å². The number of halogens is 2. The van der Waals surface area contributed by atoms with Crippen molar-refractivity contribution in [3.63, 3.8) is 0 Å². The molecule has 2 N–H and O–H groups in total. The second-order valence-corrected chi connectivity index (χ2v) is 13.7. The maximum absolute atomic E-state index is 12.9. The van der Waals surface area contributed by atoms with Crippen LogP contribution in [0.25, 0.3) is 11.1 Å². The molecule has 7 nitrogen and oxygen atoms in total. The van der Waals surface area contributed by atoms with Crippen LogP contribution >= 0.6 is 23.2 Å². The molecular weight excluding hydrogens is 545 g/mol. The second kappa shape index (κ2) is 10.1. The van der Waals surface area contributed by atoms with Crippen molar-refractivity contribution in [2.45, 2.75) is 33.8 Å². The predicted octanol–water partition coefficient (Wildman–Crippen LogP) is 4.71. The fourth-order valence-electron chi connectivity index (χ4n) is 3.82. The number of carbonyl (C=O) groups is 1. The zero-order chi connectivity index (χ0) is 26.3. The smallest absolute Gasteiger partial charge is 0.234 e. The summed E-state index contributed by atoms with van der Waals surface area (Å²) in [6.07, 6.45) is 2.44. The Morgan fingerprint density at radius 2 is 1.47 bits per heavy atom. The molecule has 0 aliphatic heterocycles. The molecule has 1 fully saturated rings. The van der Waals surface area contributed by atoms with Crippen LogP contribution in [0.15, 0.2) is 70.5 Å². The quantitative estimate of drug-likeness (QED) is 0.406. The lowest BCUT2D eigenvalue weighted by Crippen LogP contribution is -2.24. The van der Waals surface area contributed by atoms with Gasteiger partial charge in [-0.3, -0.25) is 4.79 Å². The van der Waals surface area contributed by atoms with Gasteiger partial charge in [-0.25, -0.2) is 16.8 Å². The molecule has 3 aromatic rings. The number of nitrogens with one attached hydrogen (secondary N) is 1. The predicted molar refractivity (Wildman–Crippen MR) is 140 cm³/mol. The van der Waals surface area contributed by atoms with Crippen LogP contribution in [0.3, 0.4) is 0 Å². The van der Waals surface area contributed by atoms with E-state index in [2.05, 4.69) is 5.32 Å². The Hall–Kier alpha value is -2.43. The number of sulfone groups is 2. The largest absolute Gasteiger partial charge is 0.395 e. The topological polar surface area (TPSA) is 118 Å². The van der Waals surface area contributed by atoms with E-state index in [9.17, 15) is 26.7 Å². The van der Waals surface area contributed by atoms with E-state index in [4.69, 9.17) is 23.2 Å². The van der Waals surface area contributed by atoms with Crippen LogP contribution in [-0.4, -0.2) is 46.0 Å². The Balaban J connectivity index is 1.54. The molecule has 0 unspecified atom stereocenters. The van der Waals surface area contributed by atoms with Crippen LogP contribution in [-0.2, 0) is 24.5 Å². The maximum Gasteiger partial charge on any atom is 0.234 e. The maximum atomic E-state index is 12.9. The molecule has 36 heavy (non-hydrogen) atoms. The van der Waals surface area contributed by atoms with Gasteiger partial charge in [0.05, 0.1) is 37.6 Å². The monoisotopic (exact) mass is 567 g/mol. The average Bonchev–Trinajstić information content (AvgIpc) is 3.65. The van der Waals surface area contributed by atoms with Gasteiger partial charge in [0.25, 0.3) is 0 Å². The normalized spacial score (nSPS) is 14.9. The molecule has 3 aromatic carbocycles. The lowest BCUT2D eigenvalue weighted by atomic mass is 9.99. The van der Waals surface area contributed by atoms with Gasteiger partial charge in [0, 0.05) is 17.5 Å². The first-order valence-electron chi connectivity index (χ1n) is 11.0. The minimum Gasteiger partial charge on any atom is -0.395 e. The lowest BCUT2D eigenvalue weighted by Gasteiger charge is -2.17. The van der Waals surface area contributed by atoms with Crippen LogP contribution in [0.4, 0.5) is 5.69 Å². The second-order valence-electron chi connectivity index (χ2n) is 8.65. The number of aliphatic hydroxyl groups excluding tert-OH is 1. The van der Waals surface area contributed by atoms with Crippen LogP contribution < -0.4 is 5.32 Å². The molecule has 0 radical (unpaired) electrons. The molecule has 11 heteroatoms. The first kappa shape index (κ1) is 26.6. The number of hydrogen-bond acceptors (Lipinski definition) is 6. The first-order chi connectivity index (χ1) is 16.9. The zero-order valence-electron chi connectivity index (χ0n) is 19.1. The molecule has 0 heterocycles. The highest BCUT2D eigenvalue weighted by molar-refractivity contribution is 7.92. The summed E-state index contributed by atoms with van der Waals surface area (Å²) >= 11 is 12.9. The van der Waals surface area contributed by atoms with Gasteiger partial charge >= 0.3 is 0 Å². The fourth-order valence-corrected chi connectivity index (χ4v) is 6.81. The van der Waals surface area contributed by atoms with E-state index in [1.165, 1.54) is 48.5 Å². The Morgan fingerprint density at radius 3 is 1.94 bits per heavy atom. The van der Waals surface area contributed by atoms with E-state index >= 15 is 0 Å². The third-order valence-corrected chi connectivity index (χ3v) is 9.96. The highest BCUT2D eigenvalue weighted by atomic mass is 35.5. The fraction of sp³-hybridized carbons (Fsp3) is 0.240. The van der Waals surface area contributed by atoms with E-state index in [1.54, 1.807) is 12.1 Å². The third-order valence-electron chi connectivity index (χ3n) is 5.95. The summed E-state index contributed by atoms with van der Waals surface area (Å²) < 4.78 is 48.2. The van der Waals surface area contributed by atoms with Gasteiger partial charge in [-0.05, 0) is 60.4 Å². The Bertz CT molecular complexity index is 1490. The molecule has 1 aliphatic carbocycles. The third kappa shape index (κ3) is 5.60. The van der Waals surface area contributed by atoms with Gasteiger partial charge in [0.1, 0.15) is 0 Å². The number of hydrogen-bond donors (Lipinski definition) is 2. The number of benzene rings is 3. The highest BCUT2D eigenvalue weighted by Gasteiger charge is 2.36. The Morgan fingerprint density at radius 1 is 0.944 bits per heavy atom. The van der Waals surface area contributed by atoms with Gasteiger partial charge in [-0.1, -0.05) is 47.5 Å². The molecule has 190 valence electrons. The van der Waals surface area contributed by atoms with Crippen molar-refractivity contribution < 1.29 is 26.7 Å². The van der Waals surface area contributed by atoms with E-state index in [0.29, 0.717) is 35.2 Å². The first-order valence-corrected chi connectivity index (χ1v) is 15.2. The molecule has 0 aromatic heterocycles. The Labute approximate surface area is 219 Å². The number of carbonyl (C=O) groups excluding carboxylic acids is 1. The summed E-state index contributed by atoms with van der Waals surface area (Å²) in [7, 11) is -6.70. The minimum atomic E-state index is -3.39. The van der Waals surface area contributed by atoms with Gasteiger partial charge in [-0.2, -0.15) is 0 Å². The van der Waals surface area contributed by atoms with Crippen LogP contribution in [0, 0.1) is 0 Å². The summed E-state index contributed by atoms with van der Waals surface area (Å²) in [5, 5.41) is 12.7. The van der Waals surface area contributed by atoms with E-state index in [1.807, 2.05) is 0 Å². The molecule has 0 spiro atoms. The molecule has 0 saturated heterocycles. The number of anilines is 1. The molecule has 1 saturated carbocycles. The van der Waals surface area contributed by atoms with Crippen molar-refractivity contribution in [2.24, 2.45) is 0 Å². The lowest BCUT2D eigenvalue weighted by molar-refractivity contribution is -0.118. The molecular formula is C25H23Cl2NO6S2. The van der Waals surface area contributed by atoms with Gasteiger partial charge in [-0.15, -0.1) is 0 Å². The van der Waals surface area contributed by atoms with Gasteiger partial charge < -0.3 is 10.4 Å². The van der Waals surface area contributed by atoms with Crippen LogP contribution in [0.1, 0.15) is 24.3 Å². The van der Waals surface area contributed by atoms with Crippen LogP contribution in [0.5, 0.6) is 0 Å². The van der Waals surface area contributed by atoms with Gasteiger partial charge in [0.2, 0.25) is 5.91 Å². The number of amides is 1. The molecule has 1 amide bonds. The molecule has 1 aliphatic rings. The summed E-state index contributed by atoms with van der Waals surface area (Å²) in [5.41, 5.74) is 1.86. The SMILES string of the molecule is CS(=O)(=O)c1ccc([C@H](CO)C(=O)Nc2cc(Cl)c(-c3ccc(S(=O)(=O)C4CC4)cc3)c(Cl)c2)cc1. The molecule has 4 rings (SSSR count). The Kier molecular flexibility index (Phi) is 7.50. The van der Waals surface area contributed by atoms with Crippen molar-refractivity contribution >= 4 is 54.5 Å². The van der Waals surface area contributed by atoms with Gasteiger partial charge in [0.15, 0.2) is 19.7 Å². The van der Waals surface area contributed by atoms with E-state index < -0.39 is 38.1 Å². The summed E-state index contributed by atoms with van der Waals surface area (Å²) in [5.74, 6) is -1.48. The minimum absolute atomic E-state index is 0.107. The van der Waals surface area contributed by atoms with Crippen molar-refractivity contribution in [1.29, 1.82) is 0 Å².